The highest BCUT2D eigenvalue weighted by Crippen LogP contribution is 2.12. The molecule has 11 nitrogen and oxygen atoms in total. The molecule has 3 heterocycles. The Labute approximate surface area is 168 Å². The van der Waals surface area contributed by atoms with E-state index in [0.29, 0.717) is 13.1 Å². The van der Waals surface area contributed by atoms with Gasteiger partial charge in [0.25, 0.3) is 5.56 Å². The summed E-state index contributed by atoms with van der Waals surface area (Å²) in [5.41, 5.74) is -1.51. The Hall–Kier alpha value is -3.67. The highest BCUT2D eigenvalue weighted by Gasteiger charge is 2.27. The summed E-state index contributed by atoms with van der Waals surface area (Å²) >= 11 is 0. The normalized spacial score (nSPS) is 14.8. The molecule has 1 aliphatic rings. The highest BCUT2D eigenvalue weighted by molar-refractivity contribution is 5.90. The van der Waals surface area contributed by atoms with Crippen LogP contribution in [0.5, 0.6) is 0 Å². The van der Waals surface area contributed by atoms with Crippen molar-refractivity contribution in [2.45, 2.75) is 0 Å². The summed E-state index contributed by atoms with van der Waals surface area (Å²) in [7, 11) is 3.23. The first kappa shape index (κ1) is 19.6. The Kier molecular flexibility index (Phi) is 4.99. The Morgan fingerprint density at radius 1 is 1.07 bits per heavy atom. The lowest BCUT2D eigenvalue weighted by Crippen LogP contribution is -2.47. The molecule has 0 atom stereocenters. The van der Waals surface area contributed by atoms with Crippen LogP contribution < -0.4 is 11.2 Å². The third kappa shape index (κ3) is 3.52. The Balaban J connectivity index is 1.71. The van der Waals surface area contributed by atoms with Gasteiger partial charge in [-0.3, -0.25) is 14.2 Å². The van der Waals surface area contributed by atoms with Crippen LogP contribution in [-0.2, 0) is 7.05 Å². The van der Waals surface area contributed by atoms with Gasteiger partial charge in [-0.2, -0.15) is 14.8 Å². The minimum atomic E-state index is -0.752. The Morgan fingerprint density at radius 3 is 2.40 bits per heavy atom. The fourth-order valence-corrected chi connectivity index (χ4v) is 3.02. The van der Waals surface area contributed by atoms with Crippen LogP contribution in [0, 0.1) is 5.82 Å². The number of carbonyl (C=O) groups excluding carboxylic acids is 1. The molecule has 1 saturated heterocycles. The van der Waals surface area contributed by atoms with Crippen molar-refractivity contribution in [3.05, 3.63) is 56.8 Å². The third-order valence-corrected chi connectivity index (χ3v) is 4.86. The van der Waals surface area contributed by atoms with Crippen LogP contribution in [0.2, 0.25) is 0 Å². The van der Waals surface area contributed by atoms with Gasteiger partial charge in [-0.05, 0) is 31.3 Å². The zero-order valence-electron chi connectivity index (χ0n) is 16.3. The van der Waals surface area contributed by atoms with Gasteiger partial charge >= 0.3 is 17.5 Å². The molecule has 0 aliphatic carbocycles. The maximum Gasteiger partial charge on any atom is 0.351 e. The summed E-state index contributed by atoms with van der Waals surface area (Å²) in [5.74, 6) is -1.41. The number of piperazine rings is 1. The number of nitrogens with zero attached hydrogens (tertiary/aromatic N) is 7. The Morgan fingerprint density at radius 2 is 1.73 bits per heavy atom. The van der Waals surface area contributed by atoms with E-state index < -0.39 is 23.0 Å². The topological polar surface area (TPSA) is 119 Å². The van der Waals surface area contributed by atoms with Gasteiger partial charge in [0.05, 0.1) is 5.69 Å². The molecule has 0 unspecified atom stereocenters. The molecule has 1 aliphatic heterocycles. The van der Waals surface area contributed by atoms with Gasteiger partial charge in [0, 0.05) is 33.2 Å². The molecule has 1 amide bonds. The number of amides is 1. The number of rotatable bonds is 3. The molecule has 2 aromatic heterocycles. The van der Waals surface area contributed by atoms with Crippen LogP contribution >= 0.6 is 0 Å². The van der Waals surface area contributed by atoms with Crippen molar-refractivity contribution >= 4 is 5.91 Å². The van der Waals surface area contributed by atoms with E-state index in [4.69, 9.17) is 4.52 Å². The average Bonchev–Trinajstić information content (AvgIpc) is 3.23. The van der Waals surface area contributed by atoms with Crippen molar-refractivity contribution < 1.29 is 13.7 Å². The Bertz CT molecular complexity index is 1210. The molecule has 0 bridgehead atoms. The number of likely N-dealkylation sites (N-methyl/N-ethyl adjacent to an activating group) is 1. The fraction of sp³-hybridized carbons (Fsp3) is 0.333. The van der Waals surface area contributed by atoms with Gasteiger partial charge in [-0.1, -0.05) is 5.16 Å². The number of carbonyl (C=O) groups is 1. The third-order valence-electron chi connectivity index (χ3n) is 4.86. The fourth-order valence-electron chi connectivity index (χ4n) is 3.02. The van der Waals surface area contributed by atoms with Crippen molar-refractivity contribution in [3.63, 3.8) is 0 Å². The molecule has 30 heavy (non-hydrogen) atoms. The van der Waals surface area contributed by atoms with Gasteiger partial charge < -0.3 is 14.3 Å². The monoisotopic (exact) mass is 415 g/mol. The van der Waals surface area contributed by atoms with Gasteiger partial charge in [0.2, 0.25) is 5.82 Å². The van der Waals surface area contributed by atoms with Gasteiger partial charge in [0.15, 0.2) is 5.69 Å². The molecule has 0 radical (unpaired) electrons. The average molecular weight is 415 g/mol. The largest absolute Gasteiger partial charge is 0.351 e. The van der Waals surface area contributed by atoms with E-state index in [2.05, 4.69) is 20.1 Å². The zero-order chi connectivity index (χ0) is 21.4. The summed E-state index contributed by atoms with van der Waals surface area (Å²) in [5, 5.41) is 7.73. The highest BCUT2D eigenvalue weighted by atomic mass is 19.1. The maximum atomic E-state index is 13.2. The lowest BCUT2D eigenvalue weighted by molar-refractivity contribution is 0.0615. The predicted molar refractivity (Wildman–Crippen MR) is 102 cm³/mol. The number of halogens is 1. The minimum Gasteiger partial charge on any atom is -0.332 e. The van der Waals surface area contributed by atoms with Crippen LogP contribution in [0.3, 0.4) is 0 Å². The molecule has 12 heteroatoms. The second-order valence-electron chi connectivity index (χ2n) is 6.90. The second-order valence-corrected chi connectivity index (χ2v) is 6.90. The summed E-state index contributed by atoms with van der Waals surface area (Å²) < 4.78 is 20.0. The van der Waals surface area contributed by atoms with E-state index in [1.807, 2.05) is 7.05 Å². The number of aromatic nitrogens is 5. The van der Waals surface area contributed by atoms with Crippen LogP contribution in [0.15, 0.2) is 38.4 Å². The van der Waals surface area contributed by atoms with Crippen molar-refractivity contribution in [2.24, 2.45) is 7.05 Å². The summed E-state index contributed by atoms with van der Waals surface area (Å²) in [6.07, 6.45) is 0. The van der Waals surface area contributed by atoms with Crippen LogP contribution in [0.1, 0.15) is 10.7 Å². The molecule has 1 aromatic carbocycles. The molecule has 0 N–H and O–H groups in total. The van der Waals surface area contributed by atoms with E-state index in [1.54, 1.807) is 4.90 Å². The molecule has 156 valence electrons. The molecule has 0 spiro atoms. The van der Waals surface area contributed by atoms with Gasteiger partial charge in [-0.15, -0.1) is 0 Å². The van der Waals surface area contributed by atoms with Crippen molar-refractivity contribution in [1.82, 2.24) is 34.3 Å². The number of hydrogen-bond donors (Lipinski definition) is 0. The van der Waals surface area contributed by atoms with Crippen molar-refractivity contribution in [1.29, 1.82) is 0 Å². The zero-order valence-corrected chi connectivity index (χ0v) is 16.3. The number of hydrogen-bond acceptors (Lipinski definition) is 8. The maximum absolute atomic E-state index is 13.2. The first-order valence-corrected chi connectivity index (χ1v) is 9.13. The van der Waals surface area contributed by atoms with E-state index in [9.17, 15) is 18.8 Å². The first-order valence-electron chi connectivity index (χ1n) is 9.13. The molecule has 4 rings (SSSR count). The first-order chi connectivity index (χ1) is 14.3. The molecule has 3 aromatic rings. The second kappa shape index (κ2) is 7.63. The van der Waals surface area contributed by atoms with Crippen LogP contribution in [0.25, 0.3) is 17.2 Å². The quantitative estimate of drug-likeness (QED) is 0.562. The minimum absolute atomic E-state index is 0.219. The van der Waals surface area contributed by atoms with Crippen LogP contribution in [-0.4, -0.2) is 73.4 Å². The van der Waals surface area contributed by atoms with Gasteiger partial charge in [-0.25, -0.2) is 9.18 Å². The van der Waals surface area contributed by atoms with Crippen molar-refractivity contribution in [2.75, 3.05) is 33.2 Å². The molecular weight excluding hydrogens is 397 g/mol. The number of benzene rings is 1. The smallest absolute Gasteiger partial charge is 0.332 e. The molecule has 0 saturated carbocycles. The molecular formula is C18H18FN7O4. The standard InChI is InChI=1S/C18H18FN7O4/c1-23-7-9-25(10-8-23)17(28)15-20-14(22-30-15)13-16(27)24(2)18(29)26(21-13)12-5-3-11(19)4-6-12/h3-6H,7-10H2,1-2H3. The lowest BCUT2D eigenvalue weighted by atomic mass is 10.3. The van der Waals surface area contributed by atoms with E-state index in [-0.39, 0.29) is 23.1 Å². The van der Waals surface area contributed by atoms with Crippen LogP contribution in [0.4, 0.5) is 4.39 Å². The lowest BCUT2D eigenvalue weighted by Gasteiger charge is -2.31. The predicted octanol–water partition coefficient (Wildman–Crippen LogP) is -0.492. The summed E-state index contributed by atoms with van der Waals surface area (Å²) in [4.78, 5) is 45.3. The van der Waals surface area contributed by atoms with E-state index >= 15 is 0 Å². The SMILES string of the molecule is CN1CCN(C(=O)c2nc(-c3nn(-c4ccc(F)cc4)c(=O)n(C)c3=O)no2)CC1. The summed E-state index contributed by atoms with van der Waals surface area (Å²) in [6.45, 7) is 2.47. The summed E-state index contributed by atoms with van der Waals surface area (Å²) in [6, 6.07) is 5.01. The van der Waals surface area contributed by atoms with E-state index in [1.165, 1.54) is 19.2 Å². The van der Waals surface area contributed by atoms with E-state index in [0.717, 1.165) is 34.5 Å². The van der Waals surface area contributed by atoms with Gasteiger partial charge in [0.1, 0.15) is 5.82 Å². The van der Waals surface area contributed by atoms with Crippen molar-refractivity contribution in [3.8, 4) is 17.2 Å². The molecule has 1 fully saturated rings.